The summed E-state index contributed by atoms with van der Waals surface area (Å²) in [4.78, 5) is 10.2. The molecule has 1 aliphatic rings. The third-order valence-electron chi connectivity index (χ3n) is 2.93. The number of benzene rings is 1. The van der Waals surface area contributed by atoms with Gasteiger partial charge in [-0.05, 0) is 38.1 Å². The lowest BCUT2D eigenvalue weighted by molar-refractivity contribution is -0.383. The minimum Gasteiger partial charge on any atom is -0.393 e. The maximum absolute atomic E-state index is 10.6. The first kappa shape index (κ1) is 11.7. The lowest BCUT2D eigenvalue weighted by Crippen LogP contribution is -2.35. The lowest BCUT2D eigenvalue weighted by Gasteiger charge is -2.24. The molecular weight excluding hydrogens is 220 g/mol. The fourth-order valence-corrected chi connectivity index (χ4v) is 2.01. The maximum atomic E-state index is 10.6. The van der Waals surface area contributed by atoms with Gasteiger partial charge in [-0.2, -0.15) is 0 Å². The Balaban J connectivity index is 2.06. The third kappa shape index (κ3) is 2.85. The molecule has 1 heterocycles. The van der Waals surface area contributed by atoms with Crippen molar-refractivity contribution in [2.75, 3.05) is 24.1 Å². The number of nitrogen functional groups attached to an aromatic ring is 1. The van der Waals surface area contributed by atoms with Crippen LogP contribution in [0, 0.1) is 10.1 Å². The van der Waals surface area contributed by atoms with Gasteiger partial charge in [0.15, 0.2) is 0 Å². The van der Waals surface area contributed by atoms with E-state index in [-0.39, 0.29) is 11.4 Å². The van der Waals surface area contributed by atoms with Crippen molar-refractivity contribution in [3.63, 3.8) is 0 Å². The van der Waals surface area contributed by atoms with E-state index in [9.17, 15) is 10.1 Å². The summed E-state index contributed by atoms with van der Waals surface area (Å²) in [5.74, 6) is 0. The molecule has 6 nitrogen and oxygen atoms in total. The smallest absolute Gasteiger partial charge is 0.292 e. The number of nitrogens with zero attached hydrogens (tertiary/aromatic N) is 1. The first-order valence-corrected chi connectivity index (χ1v) is 5.68. The van der Waals surface area contributed by atoms with E-state index in [4.69, 9.17) is 5.73 Å². The lowest BCUT2D eigenvalue weighted by atomic mass is 10.1. The summed E-state index contributed by atoms with van der Waals surface area (Å²) in [5, 5.41) is 17.2. The van der Waals surface area contributed by atoms with Gasteiger partial charge in [0.1, 0.15) is 5.69 Å². The van der Waals surface area contributed by atoms with Gasteiger partial charge in [-0.3, -0.25) is 10.1 Å². The molecule has 0 saturated carbocycles. The van der Waals surface area contributed by atoms with Gasteiger partial charge in [-0.15, -0.1) is 0 Å². The topological polar surface area (TPSA) is 93.2 Å². The molecule has 17 heavy (non-hydrogen) atoms. The summed E-state index contributed by atoms with van der Waals surface area (Å²) >= 11 is 0. The molecule has 6 heteroatoms. The SMILES string of the molecule is Nc1cc(NC2CCNCC2)ccc1[N+](=O)[O-]. The summed E-state index contributed by atoms with van der Waals surface area (Å²) in [6, 6.07) is 5.19. The van der Waals surface area contributed by atoms with Crippen LogP contribution in [0.4, 0.5) is 17.1 Å². The first-order valence-electron chi connectivity index (χ1n) is 5.68. The van der Waals surface area contributed by atoms with Crippen molar-refractivity contribution < 1.29 is 4.92 Å². The number of anilines is 2. The molecule has 1 aliphatic heterocycles. The van der Waals surface area contributed by atoms with Crippen LogP contribution in [0.2, 0.25) is 0 Å². The number of hydrogen-bond acceptors (Lipinski definition) is 5. The summed E-state index contributed by atoms with van der Waals surface area (Å²) in [5.41, 5.74) is 6.64. The molecule has 0 atom stereocenters. The maximum Gasteiger partial charge on any atom is 0.292 e. The Kier molecular flexibility index (Phi) is 3.43. The Morgan fingerprint density at radius 2 is 2.12 bits per heavy atom. The van der Waals surface area contributed by atoms with Crippen molar-refractivity contribution in [1.29, 1.82) is 0 Å². The number of nitro groups is 1. The minimum absolute atomic E-state index is 0.0409. The largest absolute Gasteiger partial charge is 0.393 e. The summed E-state index contributed by atoms with van der Waals surface area (Å²) < 4.78 is 0. The molecule has 0 radical (unpaired) electrons. The predicted octanol–water partition coefficient (Wildman–Crippen LogP) is 1.34. The van der Waals surface area contributed by atoms with E-state index in [0.29, 0.717) is 6.04 Å². The van der Waals surface area contributed by atoms with E-state index in [1.807, 2.05) is 0 Å². The predicted molar refractivity (Wildman–Crippen MR) is 67.0 cm³/mol. The van der Waals surface area contributed by atoms with E-state index in [2.05, 4.69) is 10.6 Å². The average molecular weight is 236 g/mol. The molecule has 92 valence electrons. The van der Waals surface area contributed by atoms with Gasteiger partial charge in [0.05, 0.1) is 4.92 Å². The second kappa shape index (κ2) is 5.01. The molecule has 0 spiro atoms. The number of nitrogens with two attached hydrogens (primary N) is 1. The Labute approximate surface area is 99.3 Å². The zero-order valence-corrected chi connectivity index (χ0v) is 9.48. The van der Waals surface area contributed by atoms with Crippen molar-refractivity contribution in [2.24, 2.45) is 0 Å². The summed E-state index contributed by atoms with van der Waals surface area (Å²) in [7, 11) is 0. The summed E-state index contributed by atoms with van der Waals surface area (Å²) in [6.45, 7) is 2.00. The Morgan fingerprint density at radius 3 is 2.71 bits per heavy atom. The van der Waals surface area contributed by atoms with E-state index in [1.165, 1.54) is 6.07 Å². The van der Waals surface area contributed by atoms with E-state index in [1.54, 1.807) is 12.1 Å². The van der Waals surface area contributed by atoms with Gasteiger partial charge < -0.3 is 16.4 Å². The highest BCUT2D eigenvalue weighted by Gasteiger charge is 2.15. The minimum atomic E-state index is -0.469. The van der Waals surface area contributed by atoms with Crippen LogP contribution in [-0.4, -0.2) is 24.1 Å². The van der Waals surface area contributed by atoms with Gasteiger partial charge >= 0.3 is 0 Å². The molecule has 4 N–H and O–H groups in total. The number of nitrogens with one attached hydrogen (secondary N) is 2. The fourth-order valence-electron chi connectivity index (χ4n) is 2.01. The van der Waals surface area contributed by atoms with E-state index in [0.717, 1.165) is 31.6 Å². The molecule has 1 aromatic carbocycles. The van der Waals surface area contributed by atoms with Crippen molar-refractivity contribution in [3.8, 4) is 0 Å². The summed E-state index contributed by atoms with van der Waals surface area (Å²) in [6.07, 6.45) is 2.10. The Morgan fingerprint density at radius 1 is 1.41 bits per heavy atom. The number of rotatable bonds is 3. The third-order valence-corrected chi connectivity index (χ3v) is 2.93. The van der Waals surface area contributed by atoms with Gasteiger partial charge in [-0.1, -0.05) is 0 Å². The average Bonchev–Trinajstić information content (AvgIpc) is 2.30. The first-order chi connectivity index (χ1) is 8.16. The van der Waals surface area contributed by atoms with E-state index < -0.39 is 4.92 Å². The zero-order valence-electron chi connectivity index (χ0n) is 9.48. The zero-order chi connectivity index (χ0) is 12.3. The second-order valence-corrected chi connectivity index (χ2v) is 4.20. The van der Waals surface area contributed by atoms with Crippen LogP contribution in [0.3, 0.4) is 0 Å². The highest BCUT2D eigenvalue weighted by molar-refractivity contribution is 5.66. The monoisotopic (exact) mass is 236 g/mol. The Hall–Kier alpha value is -1.82. The molecule has 1 aromatic rings. The van der Waals surface area contributed by atoms with Crippen molar-refractivity contribution in [1.82, 2.24) is 5.32 Å². The van der Waals surface area contributed by atoms with Gasteiger partial charge in [0.25, 0.3) is 5.69 Å². The van der Waals surface area contributed by atoms with Crippen molar-refractivity contribution in [3.05, 3.63) is 28.3 Å². The highest BCUT2D eigenvalue weighted by Crippen LogP contribution is 2.25. The molecular formula is C11H16N4O2. The molecule has 0 bridgehead atoms. The van der Waals surface area contributed by atoms with Crippen molar-refractivity contribution >= 4 is 17.1 Å². The second-order valence-electron chi connectivity index (χ2n) is 4.20. The molecule has 0 amide bonds. The van der Waals surface area contributed by atoms with Crippen molar-refractivity contribution in [2.45, 2.75) is 18.9 Å². The highest BCUT2D eigenvalue weighted by atomic mass is 16.6. The number of piperidine rings is 1. The standard InChI is InChI=1S/C11H16N4O2/c12-10-7-9(1-2-11(10)15(16)17)14-8-3-5-13-6-4-8/h1-2,7-8,13-14H,3-6,12H2. The quantitative estimate of drug-likeness (QED) is 0.418. The molecule has 2 rings (SSSR count). The van der Waals surface area contributed by atoms with Gasteiger partial charge in [0.2, 0.25) is 0 Å². The molecule has 0 aliphatic carbocycles. The van der Waals surface area contributed by atoms with Crippen LogP contribution in [0.15, 0.2) is 18.2 Å². The molecule has 0 unspecified atom stereocenters. The van der Waals surface area contributed by atoms with Crippen LogP contribution < -0.4 is 16.4 Å². The van der Waals surface area contributed by atoms with Crippen LogP contribution in [0.1, 0.15) is 12.8 Å². The van der Waals surface area contributed by atoms with Crippen LogP contribution in [0.25, 0.3) is 0 Å². The molecule has 1 saturated heterocycles. The van der Waals surface area contributed by atoms with Gasteiger partial charge in [-0.25, -0.2) is 0 Å². The molecule has 0 aromatic heterocycles. The van der Waals surface area contributed by atoms with Crippen LogP contribution in [-0.2, 0) is 0 Å². The Bertz CT molecular complexity index is 416. The van der Waals surface area contributed by atoms with Crippen LogP contribution in [0.5, 0.6) is 0 Å². The van der Waals surface area contributed by atoms with Gasteiger partial charge in [0, 0.05) is 17.8 Å². The van der Waals surface area contributed by atoms with E-state index >= 15 is 0 Å². The van der Waals surface area contributed by atoms with Crippen LogP contribution >= 0.6 is 0 Å². The molecule has 1 fully saturated rings. The number of hydrogen-bond donors (Lipinski definition) is 3. The normalized spacial score (nSPS) is 16.7. The fraction of sp³-hybridized carbons (Fsp3) is 0.455. The number of nitro benzene ring substituents is 1.